The second-order valence-electron chi connectivity index (χ2n) is 7.07. The van der Waals surface area contributed by atoms with Gasteiger partial charge in [0.2, 0.25) is 0 Å². The molecule has 0 saturated carbocycles. The van der Waals surface area contributed by atoms with Crippen molar-refractivity contribution in [2.24, 2.45) is 0 Å². The summed E-state index contributed by atoms with van der Waals surface area (Å²) in [6.45, 7) is 6.78. The molecule has 0 bridgehead atoms. The summed E-state index contributed by atoms with van der Waals surface area (Å²) in [5.41, 5.74) is 0.302. The Hall–Kier alpha value is -2.43. The summed E-state index contributed by atoms with van der Waals surface area (Å²) in [5, 5.41) is 28.2. The lowest BCUT2D eigenvalue weighted by Gasteiger charge is -2.37. The maximum absolute atomic E-state index is 11.1. The molecule has 1 N–H and O–H groups in total. The molecule has 1 aromatic carbocycles. The van der Waals surface area contributed by atoms with Crippen LogP contribution < -0.4 is 4.74 Å². The second-order valence-corrected chi connectivity index (χ2v) is 7.07. The largest absolute Gasteiger partial charge is 0.492 e. The van der Waals surface area contributed by atoms with E-state index in [1.165, 1.54) is 0 Å². The molecule has 0 aliphatic carbocycles. The van der Waals surface area contributed by atoms with E-state index in [4.69, 9.17) is 10.00 Å². The highest BCUT2D eigenvalue weighted by atomic mass is 16.5. The van der Waals surface area contributed by atoms with E-state index < -0.39 is 5.60 Å². The predicted octanol–water partition coefficient (Wildman–Crippen LogP) is 2.09. The quantitative estimate of drug-likeness (QED) is 0.854. The number of nitriles is 1. The van der Waals surface area contributed by atoms with Crippen LogP contribution in [0.4, 0.5) is 0 Å². The highest BCUT2D eigenvalue weighted by Gasteiger charge is 2.37. The van der Waals surface area contributed by atoms with Crippen LogP contribution in [0.15, 0.2) is 30.5 Å². The van der Waals surface area contributed by atoms with Gasteiger partial charge in [-0.15, -0.1) is 5.10 Å². The van der Waals surface area contributed by atoms with Gasteiger partial charge in [-0.05, 0) is 57.5 Å². The first-order chi connectivity index (χ1) is 12.5. The van der Waals surface area contributed by atoms with Crippen LogP contribution in [0.2, 0.25) is 0 Å². The Balaban J connectivity index is 1.55. The monoisotopic (exact) mass is 355 g/mol. The number of hydrogen-bond donors (Lipinski definition) is 1. The molecule has 1 atom stereocenters. The van der Waals surface area contributed by atoms with Crippen LogP contribution in [0.3, 0.4) is 0 Å². The zero-order valence-electron chi connectivity index (χ0n) is 15.3. The molecule has 0 unspecified atom stereocenters. The average Bonchev–Trinajstić information content (AvgIpc) is 3.14. The van der Waals surface area contributed by atoms with Crippen molar-refractivity contribution < 1.29 is 9.84 Å². The first kappa shape index (κ1) is 18.4. The minimum atomic E-state index is -0.958. The van der Waals surface area contributed by atoms with E-state index in [-0.39, 0.29) is 6.04 Å². The van der Waals surface area contributed by atoms with Gasteiger partial charge in [0.1, 0.15) is 23.7 Å². The Bertz CT molecular complexity index is 765. The minimum absolute atomic E-state index is 0.223. The molecule has 7 heteroatoms. The Morgan fingerprint density at radius 3 is 2.77 bits per heavy atom. The zero-order chi connectivity index (χ0) is 18.6. The normalized spacial score (nSPS) is 20.9. The number of piperidine rings is 1. The molecule has 1 aliphatic heterocycles. The first-order valence-electron chi connectivity index (χ1n) is 9.00. The standard InChI is InChI=1S/C19H25N5O2/c1-15(2)24-13-18(21-22-24)19(25)8-3-9-23(14-19)10-11-26-17-6-4-16(12-20)5-7-17/h4-7,13,15,25H,3,8-11,14H2,1-2H3/t19-/m0/s1. The molecule has 1 aromatic heterocycles. The van der Waals surface area contributed by atoms with Gasteiger partial charge >= 0.3 is 0 Å². The molecule has 0 radical (unpaired) electrons. The van der Waals surface area contributed by atoms with Crippen LogP contribution in [0.5, 0.6) is 5.75 Å². The van der Waals surface area contributed by atoms with E-state index in [2.05, 4.69) is 21.3 Å². The topological polar surface area (TPSA) is 87.2 Å². The lowest BCUT2D eigenvalue weighted by molar-refractivity contribution is -0.0413. The molecule has 26 heavy (non-hydrogen) atoms. The van der Waals surface area contributed by atoms with Crippen molar-refractivity contribution in [3.63, 3.8) is 0 Å². The van der Waals surface area contributed by atoms with E-state index in [1.54, 1.807) is 28.9 Å². The number of ether oxygens (including phenoxy) is 1. The minimum Gasteiger partial charge on any atom is -0.492 e. The fraction of sp³-hybridized carbons (Fsp3) is 0.526. The Kier molecular flexibility index (Phi) is 5.55. The highest BCUT2D eigenvalue weighted by Crippen LogP contribution is 2.30. The molecule has 7 nitrogen and oxygen atoms in total. The van der Waals surface area contributed by atoms with Crippen molar-refractivity contribution in [1.29, 1.82) is 5.26 Å². The Morgan fingerprint density at radius 2 is 2.12 bits per heavy atom. The van der Waals surface area contributed by atoms with Crippen molar-refractivity contribution in [3.8, 4) is 11.8 Å². The number of aromatic nitrogens is 3. The van der Waals surface area contributed by atoms with Gasteiger partial charge < -0.3 is 9.84 Å². The summed E-state index contributed by atoms with van der Waals surface area (Å²) in [4.78, 5) is 2.20. The highest BCUT2D eigenvalue weighted by molar-refractivity contribution is 5.34. The van der Waals surface area contributed by atoms with E-state index in [0.717, 1.165) is 25.3 Å². The smallest absolute Gasteiger partial charge is 0.123 e. The van der Waals surface area contributed by atoms with Crippen molar-refractivity contribution in [3.05, 3.63) is 41.7 Å². The molecular weight excluding hydrogens is 330 g/mol. The maximum Gasteiger partial charge on any atom is 0.123 e. The summed E-state index contributed by atoms with van der Waals surface area (Å²) in [7, 11) is 0. The third kappa shape index (κ3) is 4.21. The molecule has 1 saturated heterocycles. The molecule has 3 rings (SSSR count). The number of hydrogen-bond acceptors (Lipinski definition) is 6. The fourth-order valence-corrected chi connectivity index (χ4v) is 3.18. The Morgan fingerprint density at radius 1 is 1.35 bits per heavy atom. The van der Waals surface area contributed by atoms with Crippen LogP contribution in [0.1, 0.15) is 44.0 Å². The number of likely N-dealkylation sites (tertiary alicyclic amines) is 1. The van der Waals surface area contributed by atoms with Crippen LogP contribution >= 0.6 is 0 Å². The molecule has 138 valence electrons. The predicted molar refractivity (Wildman–Crippen MR) is 96.6 cm³/mol. The summed E-state index contributed by atoms with van der Waals surface area (Å²) >= 11 is 0. The Labute approximate surface area is 153 Å². The van der Waals surface area contributed by atoms with Gasteiger partial charge in [-0.1, -0.05) is 5.21 Å². The van der Waals surface area contributed by atoms with E-state index in [9.17, 15) is 5.11 Å². The summed E-state index contributed by atoms with van der Waals surface area (Å²) in [6.07, 6.45) is 3.44. The van der Waals surface area contributed by atoms with Gasteiger partial charge in [0.25, 0.3) is 0 Å². The first-order valence-corrected chi connectivity index (χ1v) is 9.00. The van der Waals surface area contributed by atoms with E-state index >= 15 is 0 Å². The van der Waals surface area contributed by atoms with E-state index in [0.29, 0.717) is 30.8 Å². The summed E-state index contributed by atoms with van der Waals surface area (Å²) < 4.78 is 7.53. The van der Waals surface area contributed by atoms with Gasteiger partial charge in [-0.25, -0.2) is 4.68 Å². The summed E-state index contributed by atoms with van der Waals surface area (Å²) in [6, 6.07) is 9.40. The summed E-state index contributed by atoms with van der Waals surface area (Å²) in [5.74, 6) is 0.746. The van der Waals surface area contributed by atoms with Gasteiger partial charge in [-0.2, -0.15) is 5.26 Å². The van der Waals surface area contributed by atoms with Gasteiger partial charge in [0, 0.05) is 19.1 Å². The molecule has 1 aliphatic rings. The lowest BCUT2D eigenvalue weighted by Crippen LogP contribution is -2.47. The molecule has 2 heterocycles. The number of benzene rings is 1. The number of aliphatic hydroxyl groups is 1. The third-order valence-corrected chi connectivity index (χ3v) is 4.73. The van der Waals surface area contributed by atoms with Gasteiger partial charge in [-0.3, -0.25) is 4.90 Å². The fourth-order valence-electron chi connectivity index (χ4n) is 3.18. The number of nitrogens with zero attached hydrogens (tertiary/aromatic N) is 5. The van der Waals surface area contributed by atoms with Crippen LogP contribution in [-0.2, 0) is 5.60 Å². The maximum atomic E-state index is 11.1. The van der Waals surface area contributed by atoms with Crippen LogP contribution in [0.25, 0.3) is 0 Å². The van der Waals surface area contributed by atoms with Gasteiger partial charge in [0.15, 0.2) is 0 Å². The van der Waals surface area contributed by atoms with Crippen molar-refractivity contribution in [1.82, 2.24) is 19.9 Å². The number of rotatable bonds is 6. The molecule has 0 amide bonds. The lowest BCUT2D eigenvalue weighted by atomic mass is 9.90. The molecule has 2 aromatic rings. The number of β-amino-alcohol motifs (C(OH)–C–C–N with tert-alkyl or cyclic N) is 1. The zero-order valence-corrected chi connectivity index (χ0v) is 15.3. The van der Waals surface area contributed by atoms with Crippen molar-refractivity contribution in [2.75, 3.05) is 26.2 Å². The van der Waals surface area contributed by atoms with Crippen molar-refractivity contribution >= 4 is 0 Å². The van der Waals surface area contributed by atoms with Crippen LogP contribution in [0, 0.1) is 11.3 Å². The van der Waals surface area contributed by atoms with E-state index in [1.807, 2.05) is 20.0 Å². The van der Waals surface area contributed by atoms with Crippen LogP contribution in [-0.4, -0.2) is 51.2 Å². The molecule has 1 fully saturated rings. The molecule has 0 spiro atoms. The van der Waals surface area contributed by atoms with Crippen molar-refractivity contribution in [2.45, 2.75) is 38.3 Å². The average molecular weight is 355 g/mol. The molecular formula is C19H25N5O2. The third-order valence-electron chi connectivity index (χ3n) is 4.73. The van der Waals surface area contributed by atoms with Gasteiger partial charge in [0.05, 0.1) is 17.8 Å². The second kappa shape index (κ2) is 7.85. The SMILES string of the molecule is CC(C)n1cc([C@]2(O)CCCN(CCOc3ccc(C#N)cc3)C2)nn1.